The zero-order valence-electron chi connectivity index (χ0n) is 24.0. The van der Waals surface area contributed by atoms with E-state index < -0.39 is 36.3 Å². The second kappa shape index (κ2) is 13.9. The van der Waals surface area contributed by atoms with E-state index >= 15 is 0 Å². The molecule has 3 N–H and O–H groups in total. The minimum Gasteiger partial charge on any atom is -0.481 e. The van der Waals surface area contributed by atoms with E-state index in [0.29, 0.717) is 33.6 Å². The molecule has 1 heterocycles. The average Bonchev–Trinajstić information content (AvgIpc) is 3.33. The first-order valence-electron chi connectivity index (χ1n) is 14.1. The molecule has 3 aromatic carbocycles. The number of aliphatic hydroxyl groups is 2. The number of para-hydroxylation sites is 1. The number of rotatable bonds is 12. The van der Waals surface area contributed by atoms with Gasteiger partial charge < -0.3 is 19.9 Å². The summed E-state index contributed by atoms with van der Waals surface area (Å²) in [5.74, 6) is -2.13. The molecule has 2 unspecified atom stereocenters. The Bertz CT molecular complexity index is 1600. The molecule has 0 saturated heterocycles. The molecule has 2 atom stereocenters. The number of carboxylic acids is 1. The fourth-order valence-corrected chi connectivity index (χ4v) is 5.40. The molecule has 43 heavy (non-hydrogen) atoms. The number of aromatic nitrogens is 1. The number of hydrogen-bond donors (Lipinski definition) is 3. The van der Waals surface area contributed by atoms with Gasteiger partial charge in [0.2, 0.25) is 0 Å². The summed E-state index contributed by atoms with van der Waals surface area (Å²) in [4.78, 5) is 26.5. The number of anilines is 1. The Labute approximate surface area is 249 Å². The zero-order chi connectivity index (χ0) is 31.1. The zero-order valence-corrected chi connectivity index (χ0v) is 24.0. The number of nitrogens with zero attached hydrogens (tertiary/aromatic N) is 3. The van der Waals surface area contributed by atoms with Gasteiger partial charge in [-0.05, 0) is 68.5 Å². The van der Waals surface area contributed by atoms with Gasteiger partial charge in [-0.25, -0.2) is 9.29 Å². The Morgan fingerprint density at radius 1 is 0.884 bits per heavy atom. The number of carbonyl (C=O) groups excluding carboxylic acids is 1. The van der Waals surface area contributed by atoms with Crippen LogP contribution in [0, 0.1) is 17.3 Å². The van der Waals surface area contributed by atoms with Crippen molar-refractivity contribution in [3.05, 3.63) is 102 Å². The Balaban J connectivity index is 1.96. The lowest BCUT2D eigenvalue weighted by Crippen LogP contribution is -2.29. The van der Waals surface area contributed by atoms with Crippen LogP contribution in [-0.2, 0) is 11.2 Å². The molecule has 1 aromatic heterocycles. The van der Waals surface area contributed by atoms with Crippen LogP contribution in [0.1, 0.15) is 55.3 Å². The van der Waals surface area contributed by atoms with E-state index in [-0.39, 0.29) is 31.0 Å². The van der Waals surface area contributed by atoms with Crippen molar-refractivity contribution in [1.29, 1.82) is 5.26 Å². The number of halogens is 1. The predicted molar refractivity (Wildman–Crippen MR) is 162 cm³/mol. The fourth-order valence-electron chi connectivity index (χ4n) is 5.40. The Morgan fingerprint density at radius 3 is 2.02 bits per heavy atom. The molecule has 4 aromatic rings. The quantitative estimate of drug-likeness (QED) is 0.135. The maximum Gasteiger partial charge on any atom is 0.305 e. The summed E-state index contributed by atoms with van der Waals surface area (Å²) in [5.41, 5.74) is 3.94. The van der Waals surface area contributed by atoms with Gasteiger partial charge in [-0.1, -0.05) is 60.7 Å². The number of nitriles is 1. The largest absolute Gasteiger partial charge is 0.481 e. The lowest BCUT2D eigenvalue weighted by atomic mass is 9.92. The third-order valence-corrected chi connectivity index (χ3v) is 7.21. The van der Waals surface area contributed by atoms with Crippen LogP contribution in [0.3, 0.4) is 0 Å². The van der Waals surface area contributed by atoms with Crippen LogP contribution >= 0.6 is 0 Å². The molecule has 4 rings (SSSR count). The summed E-state index contributed by atoms with van der Waals surface area (Å²) in [6.45, 7) is 3.82. The summed E-state index contributed by atoms with van der Waals surface area (Å²) in [6.07, 6.45) is -0.421. The van der Waals surface area contributed by atoms with Gasteiger partial charge in [-0.2, -0.15) is 5.26 Å². The van der Waals surface area contributed by atoms with E-state index in [1.807, 2.05) is 54.9 Å². The number of carbonyl (C=O) groups is 2. The SMILES string of the molecule is CC(C)n1c(CCC(O)CC(O)CC(=O)O)c(-c2ccc(F)cc2)c(-c2ccccc2)c1C(=O)N(C#N)c1ccccc1. The highest BCUT2D eigenvalue weighted by Crippen LogP contribution is 2.43. The Hall–Kier alpha value is -4.78. The second-order valence-electron chi connectivity index (χ2n) is 10.6. The lowest BCUT2D eigenvalue weighted by Gasteiger charge is -2.21. The van der Waals surface area contributed by atoms with Crippen molar-refractivity contribution in [3.63, 3.8) is 0 Å². The van der Waals surface area contributed by atoms with Crippen molar-refractivity contribution < 1.29 is 29.3 Å². The standard InChI is InChI=1S/C34H34FN3O5/c1-22(2)38-29(18-17-27(39)19-28(40)20-30(41)42)31(24-13-15-25(35)16-14-24)32(23-9-5-3-6-10-23)33(38)34(43)37(21-36)26-11-7-4-8-12-26/h3-16,22,27-28,39-40H,17-20H2,1-2H3,(H,41,42). The smallest absolute Gasteiger partial charge is 0.305 e. The van der Waals surface area contributed by atoms with E-state index in [1.54, 1.807) is 42.5 Å². The number of benzene rings is 3. The molecule has 0 aliphatic carbocycles. The monoisotopic (exact) mass is 583 g/mol. The average molecular weight is 584 g/mol. The van der Waals surface area contributed by atoms with Crippen molar-refractivity contribution in [3.8, 4) is 28.4 Å². The van der Waals surface area contributed by atoms with Crippen LogP contribution in [0.2, 0.25) is 0 Å². The van der Waals surface area contributed by atoms with E-state index in [2.05, 4.69) is 0 Å². The summed E-state index contributed by atoms with van der Waals surface area (Å²) < 4.78 is 15.9. The number of amides is 1. The van der Waals surface area contributed by atoms with E-state index in [1.165, 1.54) is 12.1 Å². The molecule has 1 amide bonds. The summed E-state index contributed by atoms with van der Waals surface area (Å²) in [5, 5.41) is 40.0. The minimum atomic E-state index is -1.21. The summed E-state index contributed by atoms with van der Waals surface area (Å²) in [6, 6.07) is 23.6. The molecule has 0 bridgehead atoms. The van der Waals surface area contributed by atoms with Crippen LogP contribution in [0.4, 0.5) is 10.1 Å². The van der Waals surface area contributed by atoms with Crippen molar-refractivity contribution >= 4 is 17.6 Å². The fraction of sp³-hybridized carbons (Fsp3) is 0.265. The molecular formula is C34H34FN3O5. The molecule has 0 spiro atoms. The first-order chi connectivity index (χ1) is 20.6. The van der Waals surface area contributed by atoms with Gasteiger partial charge in [-0.3, -0.25) is 9.59 Å². The topological polar surface area (TPSA) is 127 Å². The number of carboxylic acid groups (broad SMARTS) is 1. The van der Waals surface area contributed by atoms with Crippen LogP contribution < -0.4 is 4.90 Å². The van der Waals surface area contributed by atoms with Gasteiger partial charge in [0.05, 0.1) is 24.3 Å². The molecule has 8 nitrogen and oxygen atoms in total. The molecule has 222 valence electrons. The Kier molecular flexibility index (Phi) is 10.1. The normalized spacial score (nSPS) is 12.5. The highest BCUT2D eigenvalue weighted by Gasteiger charge is 2.33. The van der Waals surface area contributed by atoms with Crippen molar-refractivity contribution in [2.45, 2.75) is 57.8 Å². The molecular weight excluding hydrogens is 549 g/mol. The van der Waals surface area contributed by atoms with Gasteiger partial charge in [0.1, 0.15) is 11.5 Å². The van der Waals surface area contributed by atoms with Gasteiger partial charge in [0.25, 0.3) is 5.91 Å². The molecule has 9 heteroatoms. The highest BCUT2D eigenvalue weighted by molar-refractivity contribution is 6.13. The minimum absolute atomic E-state index is 0.131. The first-order valence-corrected chi connectivity index (χ1v) is 14.1. The maximum atomic E-state index is 14.4. The summed E-state index contributed by atoms with van der Waals surface area (Å²) in [7, 11) is 0. The predicted octanol–water partition coefficient (Wildman–Crippen LogP) is 6.19. The van der Waals surface area contributed by atoms with Crippen LogP contribution in [0.25, 0.3) is 22.3 Å². The summed E-state index contributed by atoms with van der Waals surface area (Å²) >= 11 is 0. The van der Waals surface area contributed by atoms with Crippen LogP contribution in [0.5, 0.6) is 0 Å². The third-order valence-electron chi connectivity index (χ3n) is 7.21. The second-order valence-corrected chi connectivity index (χ2v) is 10.6. The number of aliphatic carboxylic acids is 1. The Morgan fingerprint density at radius 2 is 1.47 bits per heavy atom. The maximum absolute atomic E-state index is 14.4. The van der Waals surface area contributed by atoms with Crippen molar-refractivity contribution in [2.24, 2.45) is 0 Å². The van der Waals surface area contributed by atoms with Gasteiger partial charge >= 0.3 is 5.97 Å². The molecule has 0 aliphatic heterocycles. The van der Waals surface area contributed by atoms with Crippen LogP contribution in [0.15, 0.2) is 84.9 Å². The van der Waals surface area contributed by atoms with E-state index in [0.717, 1.165) is 4.90 Å². The molecule has 0 aliphatic rings. The molecule has 0 fully saturated rings. The van der Waals surface area contributed by atoms with Crippen molar-refractivity contribution in [2.75, 3.05) is 4.90 Å². The number of hydrogen-bond acceptors (Lipinski definition) is 5. The number of aliphatic hydroxyl groups excluding tert-OH is 2. The van der Waals surface area contributed by atoms with E-state index in [9.17, 15) is 29.5 Å². The van der Waals surface area contributed by atoms with Gasteiger partial charge in [-0.15, -0.1) is 0 Å². The molecule has 0 radical (unpaired) electrons. The van der Waals surface area contributed by atoms with Gasteiger partial charge in [0.15, 0.2) is 6.19 Å². The molecule has 0 saturated carbocycles. The first kappa shape index (κ1) is 31.2. The van der Waals surface area contributed by atoms with Crippen LogP contribution in [-0.4, -0.2) is 44.0 Å². The lowest BCUT2D eigenvalue weighted by molar-refractivity contribution is -0.139. The third kappa shape index (κ3) is 7.17. The highest BCUT2D eigenvalue weighted by atomic mass is 19.1. The van der Waals surface area contributed by atoms with E-state index in [4.69, 9.17) is 5.11 Å². The van der Waals surface area contributed by atoms with Gasteiger partial charge in [0, 0.05) is 22.9 Å². The van der Waals surface area contributed by atoms with Crippen molar-refractivity contribution in [1.82, 2.24) is 4.57 Å².